The number of halogens is 2. The molecule has 0 aromatic rings. The molecular formula is C11H25Cl2N. The largest absolute Gasteiger partial charge is 0.308 e. The van der Waals surface area contributed by atoms with Gasteiger partial charge in [-0.3, -0.25) is 0 Å². The van der Waals surface area contributed by atoms with Crippen molar-refractivity contribution < 1.29 is 0 Å². The van der Waals surface area contributed by atoms with Crippen molar-refractivity contribution >= 4 is 24.0 Å². The van der Waals surface area contributed by atoms with E-state index in [1.807, 2.05) is 0 Å². The van der Waals surface area contributed by atoms with E-state index in [0.717, 1.165) is 6.54 Å². The van der Waals surface area contributed by atoms with Crippen LogP contribution in [0.3, 0.4) is 0 Å². The Morgan fingerprint density at radius 3 is 2.14 bits per heavy atom. The van der Waals surface area contributed by atoms with Gasteiger partial charge in [-0.2, -0.15) is 0 Å². The number of unbranched alkanes of at least 4 members (excludes halogenated alkanes) is 4. The van der Waals surface area contributed by atoms with Crippen LogP contribution in [0.4, 0.5) is 0 Å². The highest BCUT2D eigenvalue weighted by atomic mass is 35.5. The molecule has 0 aromatic heterocycles. The van der Waals surface area contributed by atoms with Crippen molar-refractivity contribution in [3.63, 3.8) is 0 Å². The van der Waals surface area contributed by atoms with Gasteiger partial charge in [0.05, 0.1) is 0 Å². The third-order valence-corrected chi connectivity index (χ3v) is 2.54. The minimum absolute atomic E-state index is 0. The third kappa shape index (κ3) is 12.5. The molecule has 1 atom stereocenters. The molecule has 0 amide bonds. The number of hydrogen-bond donors (Lipinski definition) is 0. The summed E-state index contributed by atoms with van der Waals surface area (Å²) < 4.78 is 0. The Labute approximate surface area is 101 Å². The fourth-order valence-corrected chi connectivity index (χ4v) is 1.89. The zero-order valence-electron chi connectivity index (χ0n) is 9.76. The third-order valence-electron chi connectivity index (χ3n) is 2.18. The molecule has 0 saturated carbocycles. The molecular weight excluding hydrogens is 217 g/mol. The molecule has 0 aliphatic rings. The van der Waals surface area contributed by atoms with E-state index in [0.29, 0.717) is 5.38 Å². The van der Waals surface area contributed by atoms with Gasteiger partial charge in [0.25, 0.3) is 0 Å². The van der Waals surface area contributed by atoms with Crippen LogP contribution in [-0.4, -0.2) is 30.9 Å². The normalized spacial score (nSPS) is 12.6. The lowest BCUT2D eigenvalue weighted by molar-refractivity contribution is 0.393. The Balaban J connectivity index is 0. The molecule has 0 bridgehead atoms. The zero-order chi connectivity index (χ0) is 10.1. The van der Waals surface area contributed by atoms with Gasteiger partial charge in [-0.15, -0.1) is 24.0 Å². The van der Waals surface area contributed by atoms with Crippen molar-refractivity contribution in [3.8, 4) is 0 Å². The molecule has 3 heteroatoms. The summed E-state index contributed by atoms with van der Waals surface area (Å²) in [4.78, 5) is 2.16. The van der Waals surface area contributed by atoms with Gasteiger partial charge in [0.2, 0.25) is 0 Å². The molecule has 14 heavy (non-hydrogen) atoms. The van der Waals surface area contributed by atoms with Gasteiger partial charge in [-0.05, 0) is 20.5 Å². The summed E-state index contributed by atoms with van der Waals surface area (Å²) in [5.74, 6) is 0. The molecule has 0 heterocycles. The summed E-state index contributed by atoms with van der Waals surface area (Å²) in [5, 5.41) is 0.344. The molecule has 0 saturated heterocycles. The van der Waals surface area contributed by atoms with Crippen LogP contribution in [0.1, 0.15) is 45.4 Å². The van der Waals surface area contributed by atoms with Crippen LogP contribution in [0.15, 0.2) is 0 Å². The maximum Gasteiger partial charge on any atom is 0.0462 e. The van der Waals surface area contributed by atoms with Crippen LogP contribution in [0.25, 0.3) is 0 Å². The summed E-state index contributed by atoms with van der Waals surface area (Å²) in [6, 6.07) is 0. The van der Waals surface area contributed by atoms with E-state index < -0.39 is 0 Å². The summed E-state index contributed by atoms with van der Waals surface area (Å²) >= 11 is 6.15. The highest BCUT2D eigenvalue weighted by molar-refractivity contribution is 6.20. The van der Waals surface area contributed by atoms with Gasteiger partial charge in [-0.25, -0.2) is 0 Å². The minimum atomic E-state index is 0. The van der Waals surface area contributed by atoms with Crippen LogP contribution in [0, 0.1) is 0 Å². The number of alkyl halides is 1. The van der Waals surface area contributed by atoms with E-state index in [2.05, 4.69) is 25.9 Å². The molecule has 0 rings (SSSR count). The molecule has 0 spiro atoms. The first kappa shape index (κ1) is 17.0. The van der Waals surface area contributed by atoms with Crippen LogP contribution < -0.4 is 0 Å². The highest BCUT2D eigenvalue weighted by Crippen LogP contribution is 2.11. The average Bonchev–Trinajstić information content (AvgIpc) is 2.02. The Morgan fingerprint density at radius 2 is 1.64 bits per heavy atom. The maximum atomic E-state index is 6.15. The molecule has 0 aliphatic carbocycles. The van der Waals surface area contributed by atoms with Crippen LogP contribution in [0.5, 0.6) is 0 Å². The summed E-state index contributed by atoms with van der Waals surface area (Å²) in [6.07, 6.45) is 7.89. The second-order valence-corrected chi connectivity index (χ2v) is 4.68. The van der Waals surface area contributed by atoms with E-state index in [-0.39, 0.29) is 12.4 Å². The van der Waals surface area contributed by atoms with Crippen molar-refractivity contribution in [2.45, 2.75) is 50.8 Å². The smallest absolute Gasteiger partial charge is 0.0462 e. The van der Waals surface area contributed by atoms with E-state index in [4.69, 9.17) is 11.6 Å². The number of rotatable bonds is 8. The fourth-order valence-electron chi connectivity index (χ4n) is 1.46. The predicted octanol–water partition coefficient (Wildman–Crippen LogP) is 3.94. The molecule has 88 valence electrons. The molecule has 0 fully saturated rings. The van der Waals surface area contributed by atoms with Gasteiger partial charge in [0.1, 0.15) is 0 Å². The van der Waals surface area contributed by atoms with Crippen molar-refractivity contribution in [1.29, 1.82) is 0 Å². The standard InChI is InChI=1S/C11H24ClN.ClH/c1-4-5-6-7-8-9-11(12)10-13(2)3;/h11H,4-10H2,1-3H3;1H. The summed E-state index contributed by atoms with van der Waals surface area (Å²) in [7, 11) is 4.15. The van der Waals surface area contributed by atoms with Crippen LogP contribution in [0.2, 0.25) is 0 Å². The van der Waals surface area contributed by atoms with Crippen molar-refractivity contribution in [2.24, 2.45) is 0 Å². The van der Waals surface area contributed by atoms with Crippen LogP contribution in [-0.2, 0) is 0 Å². The Hall–Kier alpha value is 0.540. The average molecular weight is 242 g/mol. The lowest BCUT2D eigenvalue weighted by Crippen LogP contribution is -2.21. The molecule has 1 nitrogen and oxygen atoms in total. The van der Waals surface area contributed by atoms with E-state index in [1.165, 1.54) is 38.5 Å². The lowest BCUT2D eigenvalue weighted by atomic mass is 10.1. The first-order valence-corrected chi connectivity index (χ1v) is 5.89. The number of nitrogens with zero attached hydrogens (tertiary/aromatic N) is 1. The minimum Gasteiger partial charge on any atom is -0.308 e. The van der Waals surface area contributed by atoms with E-state index in [1.54, 1.807) is 0 Å². The quantitative estimate of drug-likeness (QED) is 0.460. The summed E-state index contributed by atoms with van der Waals surface area (Å²) in [5.41, 5.74) is 0. The maximum absolute atomic E-state index is 6.15. The molecule has 0 aromatic carbocycles. The molecule has 0 radical (unpaired) electrons. The summed E-state index contributed by atoms with van der Waals surface area (Å²) in [6.45, 7) is 3.26. The van der Waals surface area contributed by atoms with Gasteiger partial charge in [-0.1, -0.05) is 39.0 Å². The van der Waals surface area contributed by atoms with E-state index >= 15 is 0 Å². The SMILES string of the molecule is CCCCCCCC(Cl)CN(C)C.Cl. The van der Waals surface area contributed by atoms with Gasteiger partial charge < -0.3 is 4.90 Å². The monoisotopic (exact) mass is 241 g/mol. The predicted molar refractivity (Wildman–Crippen MR) is 68.8 cm³/mol. The van der Waals surface area contributed by atoms with Gasteiger partial charge in [0, 0.05) is 11.9 Å². The Kier molecular flexibility index (Phi) is 14.1. The topological polar surface area (TPSA) is 3.24 Å². The van der Waals surface area contributed by atoms with Crippen LogP contribution >= 0.6 is 24.0 Å². The van der Waals surface area contributed by atoms with Gasteiger partial charge in [0.15, 0.2) is 0 Å². The molecule has 1 unspecified atom stereocenters. The van der Waals surface area contributed by atoms with Crippen molar-refractivity contribution in [1.82, 2.24) is 4.90 Å². The highest BCUT2D eigenvalue weighted by Gasteiger charge is 2.04. The fraction of sp³-hybridized carbons (Fsp3) is 1.00. The van der Waals surface area contributed by atoms with Crippen molar-refractivity contribution in [3.05, 3.63) is 0 Å². The van der Waals surface area contributed by atoms with E-state index in [9.17, 15) is 0 Å². The first-order chi connectivity index (χ1) is 6.16. The Morgan fingerprint density at radius 1 is 1.07 bits per heavy atom. The van der Waals surface area contributed by atoms with Crippen molar-refractivity contribution in [2.75, 3.05) is 20.6 Å². The second kappa shape index (κ2) is 11.6. The number of hydrogen-bond acceptors (Lipinski definition) is 1. The Bertz CT molecular complexity index is 107. The molecule has 0 N–H and O–H groups in total. The first-order valence-electron chi connectivity index (χ1n) is 5.45. The second-order valence-electron chi connectivity index (χ2n) is 4.06. The zero-order valence-corrected chi connectivity index (χ0v) is 11.3. The molecule has 0 aliphatic heterocycles. The lowest BCUT2D eigenvalue weighted by Gasteiger charge is -2.14. The van der Waals surface area contributed by atoms with Gasteiger partial charge >= 0.3 is 0 Å².